The Labute approximate surface area is 198 Å². The van der Waals surface area contributed by atoms with Gasteiger partial charge in [-0.2, -0.15) is 0 Å². The molecule has 2 N–H and O–H groups in total. The highest BCUT2D eigenvalue weighted by atomic mass is 16.5. The molecule has 0 unspecified atom stereocenters. The molecular formula is C25H40N4O4. The standard InChI is InChI=1S/C25H40N4O4/c1-17-14-28(3)18(2)16-33-22-12-11-20(27-25(31)26-19-9-7-6-8-10-19)13-21(22)24(30)29(4)15-23(17)32-5/h11-13,17-19,23H,6-10,14-16H2,1-5H3,(H2,26,27,31)/t17-,18-,23+/m1/s1. The number of likely N-dealkylation sites (N-methyl/N-ethyl adjacent to an activating group) is 2. The summed E-state index contributed by atoms with van der Waals surface area (Å²) in [6.07, 6.45) is 5.48. The zero-order valence-corrected chi connectivity index (χ0v) is 20.7. The van der Waals surface area contributed by atoms with Crippen LogP contribution in [0.1, 0.15) is 56.3 Å². The predicted octanol–water partition coefficient (Wildman–Crippen LogP) is 3.58. The van der Waals surface area contributed by atoms with Crippen molar-refractivity contribution >= 4 is 17.6 Å². The van der Waals surface area contributed by atoms with Gasteiger partial charge in [0.25, 0.3) is 5.91 Å². The van der Waals surface area contributed by atoms with Gasteiger partial charge in [0.05, 0.1) is 11.7 Å². The summed E-state index contributed by atoms with van der Waals surface area (Å²) in [6.45, 7) is 6.03. The van der Waals surface area contributed by atoms with E-state index in [1.54, 1.807) is 37.3 Å². The SMILES string of the molecule is CO[C@H]1CN(C)C(=O)c2cc(NC(=O)NC3CCCCC3)ccc2OC[C@@H](C)N(C)C[C@H]1C. The van der Waals surface area contributed by atoms with Gasteiger partial charge in [-0.15, -0.1) is 0 Å². The van der Waals surface area contributed by atoms with E-state index in [1.165, 1.54) is 6.42 Å². The Bertz CT molecular complexity index is 812. The summed E-state index contributed by atoms with van der Waals surface area (Å²) in [5.74, 6) is 0.609. The van der Waals surface area contributed by atoms with Crippen LogP contribution in [0.4, 0.5) is 10.5 Å². The summed E-state index contributed by atoms with van der Waals surface area (Å²) >= 11 is 0. The van der Waals surface area contributed by atoms with Gasteiger partial charge in [-0.1, -0.05) is 26.2 Å². The summed E-state index contributed by atoms with van der Waals surface area (Å²) in [6, 6.07) is 5.41. The van der Waals surface area contributed by atoms with Gasteiger partial charge in [0.15, 0.2) is 0 Å². The molecule has 1 fully saturated rings. The van der Waals surface area contributed by atoms with Gasteiger partial charge in [0.1, 0.15) is 12.4 Å². The first-order valence-electron chi connectivity index (χ1n) is 12.1. The number of nitrogens with one attached hydrogen (secondary N) is 2. The Morgan fingerprint density at radius 3 is 2.55 bits per heavy atom. The van der Waals surface area contributed by atoms with Crippen LogP contribution < -0.4 is 15.4 Å². The smallest absolute Gasteiger partial charge is 0.319 e. The summed E-state index contributed by atoms with van der Waals surface area (Å²) in [5.41, 5.74) is 1.01. The Hall–Kier alpha value is -2.32. The molecule has 8 nitrogen and oxygen atoms in total. The largest absolute Gasteiger partial charge is 0.491 e. The highest BCUT2D eigenvalue weighted by Crippen LogP contribution is 2.26. The summed E-state index contributed by atoms with van der Waals surface area (Å²) in [5, 5.41) is 5.95. The highest BCUT2D eigenvalue weighted by molar-refractivity contribution is 5.99. The number of carbonyl (C=O) groups excluding carboxylic acids is 2. The number of methoxy groups -OCH3 is 1. The van der Waals surface area contributed by atoms with Gasteiger partial charge < -0.3 is 25.0 Å². The van der Waals surface area contributed by atoms with Crippen molar-refractivity contribution in [1.82, 2.24) is 15.1 Å². The van der Waals surface area contributed by atoms with E-state index >= 15 is 0 Å². The van der Waals surface area contributed by atoms with Crippen LogP contribution in [0, 0.1) is 5.92 Å². The molecule has 1 aliphatic heterocycles. The van der Waals surface area contributed by atoms with Crippen molar-refractivity contribution < 1.29 is 19.1 Å². The Morgan fingerprint density at radius 2 is 1.85 bits per heavy atom. The van der Waals surface area contributed by atoms with Gasteiger partial charge >= 0.3 is 6.03 Å². The number of fused-ring (bicyclic) bond motifs is 1. The Kier molecular flexibility index (Phi) is 8.97. The topological polar surface area (TPSA) is 83.1 Å². The number of carbonyl (C=O) groups is 2. The third-order valence-corrected chi connectivity index (χ3v) is 6.95. The maximum Gasteiger partial charge on any atom is 0.319 e. The van der Waals surface area contributed by atoms with E-state index in [0.29, 0.717) is 30.2 Å². The number of rotatable bonds is 3. The van der Waals surface area contributed by atoms with Crippen molar-refractivity contribution in [3.8, 4) is 5.75 Å². The predicted molar refractivity (Wildman–Crippen MR) is 130 cm³/mol. The molecule has 0 radical (unpaired) electrons. The minimum absolute atomic E-state index is 0.0834. The molecule has 3 rings (SSSR count). The quantitative estimate of drug-likeness (QED) is 0.721. The molecule has 3 amide bonds. The zero-order valence-electron chi connectivity index (χ0n) is 20.7. The molecule has 184 valence electrons. The summed E-state index contributed by atoms with van der Waals surface area (Å²) < 4.78 is 11.8. The normalized spacial score (nSPS) is 25.9. The fraction of sp³-hybridized carbons (Fsp3) is 0.680. The first-order chi connectivity index (χ1) is 15.8. The van der Waals surface area contributed by atoms with Crippen molar-refractivity contribution in [2.75, 3.05) is 46.2 Å². The molecular weight excluding hydrogens is 420 g/mol. The lowest BCUT2D eigenvalue weighted by Crippen LogP contribution is -2.45. The molecule has 0 spiro atoms. The second-order valence-electron chi connectivity index (χ2n) is 9.68. The number of nitrogens with zero attached hydrogens (tertiary/aromatic N) is 2. The van der Waals surface area contributed by atoms with Crippen molar-refractivity contribution in [2.45, 2.75) is 64.1 Å². The number of urea groups is 1. The van der Waals surface area contributed by atoms with E-state index in [1.807, 2.05) is 0 Å². The number of hydrogen-bond acceptors (Lipinski definition) is 5. The third-order valence-electron chi connectivity index (χ3n) is 6.95. The van der Waals surface area contributed by atoms with Gasteiger partial charge in [-0.25, -0.2) is 4.79 Å². The number of benzene rings is 1. The minimum Gasteiger partial charge on any atom is -0.491 e. The second-order valence-corrected chi connectivity index (χ2v) is 9.68. The molecule has 2 aliphatic rings. The minimum atomic E-state index is -0.236. The fourth-order valence-corrected chi connectivity index (χ4v) is 4.63. The fourth-order valence-electron chi connectivity index (χ4n) is 4.63. The molecule has 0 saturated heterocycles. The van der Waals surface area contributed by atoms with Crippen LogP contribution >= 0.6 is 0 Å². The van der Waals surface area contributed by atoms with Crippen molar-refractivity contribution in [3.63, 3.8) is 0 Å². The zero-order chi connectivity index (χ0) is 24.0. The van der Waals surface area contributed by atoms with E-state index in [9.17, 15) is 9.59 Å². The molecule has 1 aromatic rings. The second kappa shape index (κ2) is 11.7. The van der Waals surface area contributed by atoms with E-state index < -0.39 is 0 Å². The first kappa shape index (κ1) is 25.3. The molecule has 1 heterocycles. The average molecular weight is 461 g/mol. The molecule has 0 bridgehead atoms. The van der Waals surface area contributed by atoms with Gasteiger partial charge in [-0.05, 0) is 50.9 Å². The Balaban J connectivity index is 1.80. The lowest BCUT2D eigenvalue weighted by Gasteiger charge is -2.34. The maximum atomic E-state index is 13.4. The summed E-state index contributed by atoms with van der Waals surface area (Å²) in [7, 11) is 5.55. The number of amides is 3. The molecule has 8 heteroatoms. The van der Waals surface area contributed by atoms with E-state index in [0.717, 1.165) is 32.2 Å². The lowest BCUT2D eigenvalue weighted by molar-refractivity contribution is 0.0150. The van der Waals surface area contributed by atoms with Crippen LogP contribution in [0.15, 0.2) is 18.2 Å². The summed E-state index contributed by atoms with van der Waals surface area (Å²) in [4.78, 5) is 29.8. The van der Waals surface area contributed by atoms with Gasteiger partial charge in [0, 0.05) is 45.0 Å². The highest BCUT2D eigenvalue weighted by Gasteiger charge is 2.27. The maximum absolute atomic E-state index is 13.4. The van der Waals surface area contributed by atoms with Gasteiger partial charge in [-0.3, -0.25) is 9.69 Å². The molecule has 1 aliphatic carbocycles. The van der Waals surface area contributed by atoms with Crippen LogP contribution in [0.2, 0.25) is 0 Å². The number of anilines is 1. The first-order valence-corrected chi connectivity index (χ1v) is 12.1. The van der Waals surface area contributed by atoms with Gasteiger partial charge in [0.2, 0.25) is 0 Å². The molecule has 3 atom stereocenters. The molecule has 1 saturated carbocycles. The van der Waals surface area contributed by atoms with Crippen molar-refractivity contribution in [2.24, 2.45) is 5.92 Å². The lowest BCUT2D eigenvalue weighted by atomic mass is 9.96. The number of hydrogen-bond donors (Lipinski definition) is 2. The van der Waals surface area contributed by atoms with Crippen molar-refractivity contribution in [3.05, 3.63) is 23.8 Å². The van der Waals surface area contributed by atoms with Crippen LogP contribution in [0.25, 0.3) is 0 Å². The van der Waals surface area contributed by atoms with E-state index in [-0.39, 0.29) is 36.0 Å². The Morgan fingerprint density at radius 1 is 1.12 bits per heavy atom. The van der Waals surface area contributed by atoms with Crippen LogP contribution in [0.3, 0.4) is 0 Å². The van der Waals surface area contributed by atoms with E-state index in [2.05, 4.69) is 36.4 Å². The third kappa shape index (κ3) is 6.84. The number of ether oxygens (including phenoxy) is 2. The van der Waals surface area contributed by atoms with Crippen LogP contribution in [-0.2, 0) is 4.74 Å². The molecule has 33 heavy (non-hydrogen) atoms. The average Bonchev–Trinajstić information content (AvgIpc) is 2.80. The van der Waals surface area contributed by atoms with Crippen LogP contribution in [0.5, 0.6) is 5.75 Å². The van der Waals surface area contributed by atoms with Crippen LogP contribution in [-0.4, -0.2) is 80.8 Å². The molecule has 1 aromatic carbocycles. The van der Waals surface area contributed by atoms with E-state index in [4.69, 9.17) is 9.47 Å². The van der Waals surface area contributed by atoms with Crippen molar-refractivity contribution in [1.29, 1.82) is 0 Å². The monoisotopic (exact) mass is 460 g/mol. The molecule has 0 aromatic heterocycles.